The van der Waals surface area contributed by atoms with Gasteiger partial charge in [-0.2, -0.15) is 0 Å². The van der Waals surface area contributed by atoms with Crippen molar-refractivity contribution in [1.82, 2.24) is 0 Å². The van der Waals surface area contributed by atoms with Crippen LogP contribution >= 0.6 is 11.3 Å². The van der Waals surface area contributed by atoms with E-state index in [4.69, 9.17) is 5.73 Å². The molecule has 1 aromatic heterocycles. The van der Waals surface area contributed by atoms with E-state index in [1.807, 2.05) is 6.07 Å². The Balaban J connectivity index is 1.94. The third-order valence-electron chi connectivity index (χ3n) is 3.74. The lowest BCUT2D eigenvalue weighted by Gasteiger charge is -2.16. The molecular weight excluding hydrogens is 233 g/mol. The standard InChI is InChI=1S/C14H16FNS/c15-11-6-5-10-7-13(17-12(10)8-11)14(16)9-3-1-2-4-9/h5-9,14H,1-4,16H2. The van der Waals surface area contributed by atoms with Crippen molar-refractivity contribution < 1.29 is 4.39 Å². The Bertz CT molecular complexity index is 528. The van der Waals surface area contributed by atoms with Gasteiger partial charge >= 0.3 is 0 Å². The first-order chi connectivity index (χ1) is 8.24. The summed E-state index contributed by atoms with van der Waals surface area (Å²) in [6.07, 6.45) is 5.09. The van der Waals surface area contributed by atoms with Crippen LogP contribution in [-0.2, 0) is 0 Å². The molecule has 17 heavy (non-hydrogen) atoms. The highest BCUT2D eigenvalue weighted by Gasteiger charge is 2.24. The number of thiophene rings is 1. The quantitative estimate of drug-likeness (QED) is 0.846. The van der Waals surface area contributed by atoms with Gasteiger partial charge in [-0.3, -0.25) is 0 Å². The molecule has 1 nitrogen and oxygen atoms in total. The van der Waals surface area contributed by atoms with Gasteiger partial charge in [0.2, 0.25) is 0 Å². The van der Waals surface area contributed by atoms with Gasteiger partial charge in [-0.05, 0) is 42.3 Å². The monoisotopic (exact) mass is 249 g/mol. The number of benzene rings is 1. The maximum atomic E-state index is 13.1. The number of hydrogen-bond acceptors (Lipinski definition) is 2. The summed E-state index contributed by atoms with van der Waals surface area (Å²) in [5.74, 6) is 0.452. The molecule has 0 radical (unpaired) electrons. The number of nitrogens with two attached hydrogens (primary N) is 1. The topological polar surface area (TPSA) is 26.0 Å². The van der Waals surface area contributed by atoms with Crippen LogP contribution in [0.3, 0.4) is 0 Å². The molecule has 2 aromatic rings. The van der Waals surface area contributed by atoms with Crippen LogP contribution in [0.15, 0.2) is 24.3 Å². The van der Waals surface area contributed by atoms with E-state index in [1.54, 1.807) is 17.4 Å². The van der Waals surface area contributed by atoms with E-state index < -0.39 is 0 Å². The van der Waals surface area contributed by atoms with Crippen molar-refractivity contribution in [1.29, 1.82) is 0 Å². The minimum atomic E-state index is -0.166. The Kier molecular flexibility index (Phi) is 2.89. The Hall–Kier alpha value is -0.930. The zero-order valence-electron chi connectivity index (χ0n) is 9.66. The van der Waals surface area contributed by atoms with Gasteiger partial charge in [-0.1, -0.05) is 18.9 Å². The first kappa shape index (κ1) is 11.2. The molecule has 1 aromatic carbocycles. The minimum absolute atomic E-state index is 0.137. The van der Waals surface area contributed by atoms with Crippen molar-refractivity contribution in [3.63, 3.8) is 0 Å². The van der Waals surface area contributed by atoms with Gasteiger partial charge in [0.1, 0.15) is 5.82 Å². The molecule has 1 unspecified atom stereocenters. The molecule has 1 fully saturated rings. The molecule has 3 rings (SSSR count). The van der Waals surface area contributed by atoms with Crippen molar-refractivity contribution in [3.8, 4) is 0 Å². The third-order valence-corrected chi connectivity index (χ3v) is 4.94. The van der Waals surface area contributed by atoms with Gasteiger partial charge in [0, 0.05) is 15.6 Å². The van der Waals surface area contributed by atoms with Gasteiger partial charge in [-0.25, -0.2) is 4.39 Å². The molecular formula is C14H16FNS. The average Bonchev–Trinajstić information content (AvgIpc) is 2.96. The van der Waals surface area contributed by atoms with E-state index in [-0.39, 0.29) is 11.9 Å². The fraction of sp³-hybridized carbons (Fsp3) is 0.429. The summed E-state index contributed by atoms with van der Waals surface area (Å²) >= 11 is 1.64. The fourth-order valence-corrected chi connectivity index (χ4v) is 3.92. The van der Waals surface area contributed by atoms with Gasteiger partial charge in [0.25, 0.3) is 0 Å². The van der Waals surface area contributed by atoms with Crippen LogP contribution in [0.2, 0.25) is 0 Å². The van der Waals surface area contributed by atoms with E-state index in [0.717, 1.165) is 10.1 Å². The van der Waals surface area contributed by atoms with E-state index in [2.05, 4.69) is 6.07 Å². The van der Waals surface area contributed by atoms with Crippen molar-refractivity contribution in [3.05, 3.63) is 35.0 Å². The SMILES string of the molecule is NC(c1cc2ccc(F)cc2s1)C1CCCC1. The van der Waals surface area contributed by atoms with Crippen molar-refractivity contribution in [2.45, 2.75) is 31.7 Å². The first-order valence-corrected chi connectivity index (χ1v) is 7.00. The maximum absolute atomic E-state index is 13.1. The molecule has 0 aliphatic heterocycles. The number of fused-ring (bicyclic) bond motifs is 1. The summed E-state index contributed by atoms with van der Waals surface area (Å²) < 4.78 is 14.1. The fourth-order valence-electron chi connectivity index (χ4n) is 2.74. The summed E-state index contributed by atoms with van der Waals surface area (Å²) in [5.41, 5.74) is 6.32. The van der Waals surface area contributed by atoms with Gasteiger partial charge < -0.3 is 5.73 Å². The predicted molar refractivity (Wildman–Crippen MR) is 70.7 cm³/mol. The average molecular weight is 249 g/mol. The largest absolute Gasteiger partial charge is 0.323 e. The second kappa shape index (κ2) is 4.39. The van der Waals surface area contributed by atoms with E-state index >= 15 is 0 Å². The number of halogens is 1. The van der Waals surface area contributed by atoms with Crippen molar-refractivity contribution >= 4 is 21.4 Å². The Morgan fingerprint density at radius 2 is 2.00 bits per heavy atom. The number of rotatable bonds is 2. The van der Waals surface area contributed by atoms with Crippen molar-refractivity contribution in [2.24, 2.45) is 11.7 Å². The van der Waals surface area contributed by atoms with Gasteiger partial charge in [0.15, 0.2) is 0 Å². The van der Waals surface area contributed by atoms with Crippen molar-refractivity contribution in [2.75, 3.05) is 0 Å². The second-order valence-electron chi connectivity index (χ2n) is 4.90. The molecule has 0 amide bonds. The van der Waals surface area contributed by atoms with Crippen LogP contribution in [0.25, 0.3) is 10.1 Å². The van der Waals surface area contributed by atoms with Gasteiger partial charge in [-0.15, -0.1) is 11.3 Å². The minimum Gasteiger partial charge on any atom is -0.323 e. The highest BCUT2D eigenvalue weighted by molar-refractivity contribution is 7.19. The van der Waals surface area contributed by atoms with Crippen LogP contribution in [0, 0.1) is 11.7 Å². The highest BCUT2D eigenvalue weighted by atomic mass is 32.1. The molecule has 3 heteroatoms. The Morgan fingerprint density at radius 3 is 2.76 bits per heavy atom. The molecule has 1 saturated carbocycles. The Morgan fingerprint density at radius 1 is 1.24 bits per heavy atom. The molecule has 0 bridgehead atoms. The Labute approximate surface area is 104 Å². The lowest BCUT2D eigenvalue weighted by Crippen LogP contribution is -2.17. The van der Waals surface area contributed by atoms with Crippen LogP contribution in [0.4, 0.5) is 4.39 Å². The molecule has 1 atom stereocenters. The third kappa shape index (κ3) is 2.09. The van der Waals surface area contributed by atoms with E-state index in [9.17, 15) is 4.39 Å². The summed E-state index contributed by atoms with van der Waals surface area (Å²) in [6.45, 7) is 0. The molecule has 0 spiro atoms. The van der Waals surface area contributed by atoms with E-state index in [1.165, 1.54) is 36.6 Å². The smallest absolute Gasteiger partial charge is 0.124 e. The van der Waals surface area contributed by atoms with Crippen LogP contribution < -0.4 is 5.73 Å². The summed E-state index contributed by atoms with van der Waals surface area (Å²) in [5, 5.41) is 1.11. The lowest BCUT2D eigenvalue weighted by molar-refractivity contribution is 0.450. The van der Waals surface area contributed by atoms with Crippen LogP contribution in [0.5, 0.6) is 0 Å². The summed E-state index contributed by atoms with van der Waals surface area (Å²) in [7, 11) is 0. The zero-order valence-corrected chi connectivity index (χ0v) is 10.5. The normalized spacial score (nSPS) is 18.9. The van der Waals surface area contributed by atoms with Gasteiger partial charge in [0.05, 0.1) is 0 Å². The molecule has 1 aliphatic carbocycles. The molecule has 1 aliphatic rings. The summed E-state index contributed by atoms with van der Waals surface area (Å²) in [6, 6.07) is 7.22. The van der Waals surface area contributed by atoms with E-state index in [0.29, 0.717) is 5.92 Å². The van der Waals surface area contributed by atoms with Crippen LogP contribution in [-0.4, -0.2) is 0 Å². The molecule has 90 valence electrons. The highest BCUT2D eigenvalue weighted by Crippen LogP contribution is 2.38. The maximum Gasteiger partial charge on any atom is 0.124 e. The first-order valence-electron chi connectivity index (χ1n) is 6.18. The molecule has 2 N–H and O–H groups in total. The second-order valence-corrected chi connectivity index (χ2v) is 6.02. The number of hydrogen-bond donors (Lipinski definition) is 1. The van der Waals surface area contributed by atoms with Crippen LogP contribution in [0.1, 0.15) is 36.6 Å². The molecule has 1 heterocycles. The lowest BCUT2D eigenvalue weighted by atomic mass is 9.97. The molecule has 0 saturated heterocycles. The predicted octanol–water partition coefficient (Wildman–Crippen LogP) is 4.23. The summed E-state index contributed by atoms with van der Waals surface area (Å²) in [4.78, 5) is 1.21. The zero-order chi connectivity index (χ0) is 11.8.